The predicted molar refractivity (Wildman–Crippen MR) is 114 cm³/mol. The van der Waals surface area contributed by atoms with Crippen molar-refractivity contribution >= 4 is 11.7 Å². The van der Waals surface area contributed by atoms with Gasteiger partial charge in [-0.2, -0.15) is 5.26 Å². The summed E-state index contributed by atoms with van der Waals surface area (Å²) in [7, 11) is 1.71. The fraction of sp³-hybridized carbons (Fsp3) is 0.250. The number of nitriles is 1. The van der Waals surface area contributed by atoms with Gasteiger partial charge < -0.3 is 10.2 Å². The zero-order valence-corrected chi connectivity index (χ0v) is 17.3. The maximum Gasteiger partial charge on any atom is 0.329 e. The SMILES string of the molecule is CC=C1NCCC2=C1[C@H](c1ccc(C#N)cc1)N(C)C(=O)N2c1cccc(C(F)F)c1. The van der Waals surface area contributed by atoms with Crippen molar-refractivity contribution in [3.8, 4) is 6.07 Å². The summed E-state index contributed by atoms with van der Waals surface area (Å²) in [5.74, 6) is 0. The van der Waals surface area contributed by atoms with Crippen molar-refractivity contribution in [2.75, 3.05) is 18.5 Å². The smallest absolute Gasteiger partial charge is 0.329 e. The highest BCUT2D eigenvalue weighted by Crippen LogP contribution is 2.43. The van der Waals surface area contributed by atoms with E-state index in [0.29, 0.717) is 24.2 Å². The van der Waals surface area contributed by atoms with E-state index in [-0.39, 0.29) is 17.6 Å². The summed E-state index contributed by atoms with van der Waals surface area (Å²) in [6.45, 7) is 2.56. The van der Waals surface area contributed by atoms with Gasteiger partial charge in [-0.05, 0) is 36.8 Å². The molecule has 2 aliphatic heterocycles. The van der Waals surface area contributed by atoms with E-state index in [2.05, 4.69) is 11.4 Å². The topological polar surface area (TPSA) is 59.4 Å². The molecular weight excluding hydrogens is 398 g/mol. The highest BCUT2D eigenvalue weighted by atomic mass is 19.3. The Balaban J connectivity index is 1.91. The second-order valence-electron chi connectivity index (χ2n) is 7.50. The lowest BCUT2D eigenvalue weighted by molar-refractivity contribution is 0.151. The van der Waals surface area contributed by atoms with Crippen molar-refractivity contribution < 1.29 is 13.6 Å². The molecule has 1 atom stereocenters. The van der Waals surface area contributed by atoms with Gasteiger partial charge in [0.05, 0.1) is 23.4 Å². The standard InChI is InChI=1S/C24H22F2N4O/c1-3-19-21-20(11-12-28-19)30(18-6-4-5-17(13-18)23(25)26)24(31)29(2)22(21)16-9-7-15(14-27)8-10-16/h3-10,13,22-23,28H,11-12H2,1-2H3/t22-/m0/s1. The molecular formula is C24H22F2N4O. The minimum absolute atomic E-state index is 0.121. The molecule has 0 unspecified atom stereocenters. The zero-order chi connectivity index (χ0) is 22.1. The number of amides is 2. The summed E-state index contributed by atoms with van der Waals surface area (Å²) in [6, 6.07) is 14.6. The number of alkyl halides is 2. The number of rotatable bonds is 3. The molecule has 0 saturated heterocycles. The van der Waals surface area contributed by atoms with Crippen LogP contribution < -0.4 is 10.2 Å². The van der Waals surface area contributed by atoms with Crippen molar-refractivity contribution in [1.82, 2.24) is 10.2 Å². The van der Waals surface area contributed by atoms with Crippen LogP contribution in [0.5, 0.6) is 0 Å². The first-order chi connectivity index (χ1) is 15.0. The molecule has 2 aromatic carbocycles. The van der Waals surface area contributed by atoms with E-state index >= 15 is 0 Å². The minimum Gasteiger partial charge on any atom is -0.385 e. The highest BCUT2D eigenvalue weighted by Gasteiger charge is 2.41. The van der Waals surface area contributed by atoms with Gasteiger partial charge in [-0.25, -0.2) is 13.6 Å². The molecule has 31 heavy (non-hydrogen) atoms. The maximum atomic E-state index is 13.5. The number of nitrogens with one attached hydrogen (secondary N) is 1. The monoisotopic (exact) mass is 420 g/mol. The number of urea groups is 1. The molecule has 0 aromatic heterocycles. The van der Waals surface area contributed by atoms with Crippen molar-refractivity contribution in [3.05, 3.63) is 88.3 Å². The Morgan fingerprint density at radius 1 is 1.23 bits per heavy atom. The quantitative estimate of drug-likeness (QED) is 0.737. The Morgan fingerprint density at radius 2 is 1.97 bits per heavy atom. The molecule has 5 nitrogen and oxygen atoms in total. The Bertz CT molecular complexity index is 1120. The van der Waals surface area contributed by atoms with Crippen LogP contribution in [-0.4, -0.2) is 24.5 Å². The van der Waals surface area contributed by atoms with E-state index < -0.39 is 6.43 Å². The fourth-order valence-electron chi connectivity index (χ4n) is 4.27. The second-order valence-corrected chi connectivity index (χ2v) is 7.50. The van der Waals surface area contributed by atoms with E-state index in [1.54, 1.807) is 41.1 Å². The van der Waals surface area contributed by atoms with Crippen molar-refractivity contribution in [2.45, 2.75) is 25.8 Å². The number of likely N-dealkylation sites (N-methyl/N-ethyl adjacent to an activating group) is 1. The van der Waals surface area contributed by atoms with Crippen molar-refractivity contribution in [2.24, 2.45) is 0 Å². The number of halogens is 2. The van der Waals surface area contributed by atoms with Gasteiger partial charge in [0.1, 0.15) is 0 Å². The molecule has 2 heterocycles. The van der Waals surface area contributed by atoms with E-state index in [1.807, 2.05) is 25.1 Å². The summed E-state index contributed by atoms with van der Waals surface area (Å²) < 4.78 is 26.6. The third-order valence-corrected chi connectivity index (χ3v) is 5.73. The van der Waals surface area contributed by atoms with Gasteiger partial charge in [0, 0.05) is 42.5 Å². The first kappa shape index (κ1) is 20.6. The fourth-order valence-corrected chi connectivity index (χ4v) is 4.27. The van der Waals surface area contributed by atoms with Crippen LogP contribution in [-0.2, 0) is 0 Å². The lowest BCUT2D eigenvalue weighted by Crippen LogP contribution is -2.51. The number of benzene rings is 2. The Kier molecular flexibility index (Phi) is 5.47. The molecule has 0 spiro atoms. The Morgan fingerprint density at radius 3 is 2.61 bits per heavy atom. The van der Waals surface area contributed by atoms with E-state index in [9.17, 15) is 13.6 Å². The summed E-state index contributed by atoms with van der Waals surface area (Å²) in [4.78, 5) is 16.7. The summed E-state index contributed by atoms with van der Waals surface area (Å²) >= 11 is 0. The molecule has 0 aliphatic carbocycles. The van der Waals surface area contributed by atoms with Crippen LogP contribution in [0, 0.1) is 11.3 Å². The molecule has 7 heteroatoms. The molecule has 2 amide bonds. The van der Waals surface area contributed by atoms with Crippen LogP contribution in [0.4, 0.5) is 19.3 Å². The van der Waals surface area contributed by atoms with E-state index in [1.165, 1.54) is 12.1 Å². The summed E-state index contributed by atoms with van der Waals surface area (Å²) in [5.41, 5.74) is 4.37. The molecule has 4 rings (SSSR count). The number of carbonyl (C=O) groups is 1. The highest BCUT2D eigenvalue weighted by molar-refractivity contribution is 5.98. The van der Waals surface area contributed by atoms with Gasteiger partial charge in [0.2, 0.25) is 0 Å². The molecule has 0 saturated carbocycles. The molecule has 158 valence electrons. The number of hydrogen-bond acceptors (Lipinski definition) is 3. The predicted octanol–water partition coefficient (Wildman–Crippen LogP) is 5.26. The molecule has 0 radical (unpaired) electrons. The molecule has 2 aliphatic rings. The van der Waals surface area contributed by atoms with Gasteiger partial charge >= 0.3 is 6.03 Å². The van der Waals surface area contributed by atoms with Crippen LogP contribution >= 0.6 is 0 Å². The first-order valence-electron chi connectivity index (χ1n) is 10.0. The van der Waals surface area contributed by atoms with Gasteiger partial charge in [-0.3, -0.25) is 4.90 Å². The van der Waals surface area contributed by atoms with Gasteiger partial charge in [-0.1, -0.05) is 30.3 Å². The lowest BCUT2D eigenvalue weighted by Gasteiger charge is -2.45. The minimum atomic E-state index is -2.61. The van der Waals surface area contributed by atoms with Crippen LogP contribution in [0.25, 0.3) is 0 Å². The average Bonchev–Trinajstić information content (AvgIpc) is 2.80. The van der Waals surface area contributed by atoms with Crippen LogP contribution in [0.3, 0.4) is 0 Å². The van der Waals surface area contributed by atoms with E-state index in [0.717, 1.165) is 22.5 Å². The third-order valence-electron chi connectivity index (χ3n) is 5.73. The number of carbonyl (C=O) groups excluding carboxylic acids is 1. The Hall–Kier alpha value is -3.66. The van der Waals surface area contributed by atoms with Gasteiger partial charge in [0.25, 0.3) is 6.43 Å². The van der Waals surface area contributed by atoms with Gasteiger partial charge in [-0.15, -0.1) is 0 Å². The summed E-state index contributed by atoms with van der Waals surface area (Å²) in [6.07, 6.45) is -0.0722. The molecule has 1 N–H and O–H groups in total. The largest absolute Gasteiger partial charge is 0.385 e. The first-order valence-corrected chi connectivity index (χ1v) is 10.0. The molecule has 0 bridgehead atoms. The number of anilines is 1. The second kappa shape index (κ2) is 8.23. The number of nitrogens with zero attached hydrogens (tertiary/aromatic N) is 3. The Labute approximate surface area is 179 Å². The molecule has 2 aromatic rings. The van der Waals surface area contributed by atoms with Crippen LogP contribution in [0.1, 0.15) is 42.5 Å². The number of allylic oxidation sites excluding steroid dienone is 1. The van der Waals surface area contributed by atoms with Crippen LogP contribution in [0.2, 0.25) is 0 Å². The third kappa shape index (κ3) is 3.55. The lowest BCUT2D eigenvalue weighted by atomic mass is 9.87. The zero-order valence-electron chi connectivity index (χ0n) is 17.3. The summed E-state index contributed by atoms with van der Waals surface area (Å²) in [5, 5.41) is 12.5. The van der Waals surface area contributed by atoms with Gasteiger partial charge in [0.15, 0.2) is 0 Å². The van der Waals surface area contributed by atoms with Crippen molar-refractivity contribution in [1.29, 1.82) is 5.26 Å². The average molecular weight is 420 g/mol. The van der Waals surface area contributed by atoms with E-state index in [4.69, 9.17) is 5.26 Å². The number of hydrogen-bond donors (Lipinski definition) is 1. The van der Waals surface area contributed by atoms with Crippen molar-refractivity contribution in [3.63, 3.8) is 0 Å². The van der Waals surface area contributed by atoms with Crippen LogP contribution in [0.15, 0.2) is 71.6 Å². The normalized spacial score (nSPS) is 20.1. The maximum absolute atomic E-state index is 13.5. The molecule has 0 fully saturated rings.